The molecule has 2 unspecified atom stereocenters. The summed E-state index contributed by atoms with van der Waals surface area (Å²) in [6.45, 7) is 8.71. The minimum atomic E-state index is -1.98. The van der Waals surface area contributed by atoms with E-state index < -0.39 is 70.0 Å². The summed E-state index contributed by atoms with van der Waals surface area (Å²) in [4.78, 5) is 82.2. The van der Waals surface area contributed by atoms with Crippen LogP contribution in [-0.4, -0.2) is 153 Å². The molecule has 0 aliphatic carbocycles. The minimum absolute atomic E-state index is 0.0214. The Labute approximate surface area is 385 Å². The second kappa shape index (κ2) is 18.3. The highest BCUT2D eigenvalue weighted by Crippen LogP contribution is 2.33. The van der Waals surface area contributed by atoms with Gasteiger partial charge in [-0.3, -0.25) is 48.7 Å². The summed E-state index contributed by atoms with van der Waals surface area (Å²) in [5.41, 5.74) is 3.27. The van der Waals surface area contributed by atoms with Gasteiger partial charge >= 0.3 is 0 Å². The molecule has 3 atom stereocenters. The Morgan fingerprint density at radius 3 is 2.12 bits per heavy atom. The summed E-state index contributed by atoms with van der Waals surface area (Å²) in [6.07, 6.45) is 2.27. The van der Waals surface area contributed by atoms with Crippen molar-refractivity contribution in [2.45, 2.75) is 31.5 Å². The van der Waals surface area contributed by atoms with Gasteiger partial charge in [0, 0.05) is 125 Å². The maximum absolute atomic E-state index is 15.7. The van der Waals surface area contributed by atoms with E-state index in [-0.39, 0.29) is 54.7 Å². The van der Waals surface area contributed by atoms with E-state index in [1.165, 1.54) is 10.5 Å². The quantitative estimate of drug-likeness (QED) is 0.121. The van der Waals surface area contributed by atoms with Gasteiger partial charge in [0.2, 0.25) is 17.6 Å². The summed E-state index contributed by atoms with van der Waals surface area (Å²) in [5, 5.41) is 2.61. The summed E-state index contributed by atoms with van der Waals surface area (Å²) in [6, 6.07) is 16.1. The first-order chi connectivity index (χ1) is 32.4. The average molecular weight is 937 g/mol. The van der Waals surface area contributed by atoms with Crippen LogP contribution in [0.3, 0.4) is 0 Å². The van der Waals surface area contributed by atoms with E-state index in [0.29, 0.717) is 16.6 Å². The third-order valence-electron chi connectivity index (χ3n) is 13.5. The number of H-pyrrole nitrogens is 1. The number of nitrogens with one attached hydrogen (secondary N) is 3. The molecular formula is C47H47F3N10O6S. The molecule has 5 aromatic rings. The van der Waals surface area contributed by atoms with Gasteiger partial charge in [-0.05, 0) is 66.9 Å². The molecule has 4 saturated heterocycles. The van der Waals surface area contributed by atoms with Crippen molar-refractivity contribution in [2.75, 3.05) is 93.1 Å². The fraction of sp³-hybridized carbons (Fsp3) is 0.362. The topological polar surface area (TPSA) is 175 Å². The number of aromatic nitrogens is 2. The van der Waals surface area contributed by atoms with Gasteiger partial charge in [0.25, 0.3) is 11.8 Å². The Bertz CT molecular complexity index is 2830. The van der Waals surface area contributed by atoms with Crippen molar-refractivity contribution in [2.24, 2.45) is 0 Å². The third-order valence-corrected chi connectivity index (χ3v) is 14.6. The number of imide groups is 2. The number of anilines is 3. The summed E-state index contributed by atoms with van der Waals surface area (Å²) in [5.74, 6) is -5.24. The highest BCUT2D eigenvalue weighted by Gasteiger charge is 2.45. The van der Waals surface area contributed by atoms with Crippen molar-refractivity contribution in [3.63, 3.8) is 0 Å². The highest BCUT2D eigenvalue weighted by molar-refractivity contribution is 7.84. The van der Waals surface area contributed by atoms with Gasteiger partial charge in [0.1, 0.15) is 23.7 Å². The van der Waals surface area contributed by atoms with Crippen LogP contribution in [0, 0.1) is 11.6 Å². The number of benzene rings is 3. The smallest absolute Gasteiger partial charge is 0.262 e. The number of ketones is 1. The molecule has 10 rings (SSSR count). The molecule has 16 nitrogen and oxygen atoms in total. The number of alkyl halides is 1. The zero-order valence-electron chi connectivity index (χ0n) is 36.3. The lowest BCUT2D eigenvalue weighted by Gasteiger charge is -2.39. The van der Waals surface area contributed by atoms with Crippen LogP contribution < -0.4 is 19.8 Å². The van der Waals surface area contributed by atoms with Crippen molar-refractivity contribution in [1.29, 1.82) is 0 Å². The lowest BCUT2D eigenvalue weighted by molar-refractivity contribution is -0.136. The molecule has 0 bridgehead atoms. The number of fused-ring (bicyclic) bond motifs is 2. The van der Waals surface area contributed by atoms with Gasteiger partial charge in [-0.15, -0.1) is 0 Å². The van der Waals surface area contributed by atoms with Crippen molar-refractivity contribution in [3.05, 3.63) is 107 Å². The molecule has 0 radical (unpaired) electrons. The molecule has 4 fully saturated rings. The van der Waals surface area contributed by atoms with Crippen LogP contribution >= 0.6 is 0 Å². The van der Waals surface area contributed by atoms with Crippen LogP contribution in [0.2, 0.25) is 0 Å². The number of hydrogen-bond donors (Lipinski definition) is 3. The van der Waals surface area contributed by atoms with E-state index in [2.05, 4.69) is 39.6 Å². The number of carbonyl (C=O) groups excluding carboxylic acids is 5. The van der Waals surface area contributed by atoms with E-state index in [9.17, 15) is 32.6 Å². The number of halogens is 3. The second-order valence-corrected chi connectivity index (χ2v) is 18.7. The fourth-order valence-electron chi connectivity index (χ4n) is 9.58. The predicted molar refractivity (Wildman–Crippen MR) is 245 cm³/mol. The summed E-state index contributed by atoms with van der Waals surface area (Å²) in [7, 11) is 0. The van der Waals surface area contributed by atoms with Crippen LogP contribution in [0.1, 0.15) is 55.9 Å². The second-order valence-electron chi connectivity index (χ2n) is 17.4. The first kappa shape index (κ1) is 44.4. The molecule has 7 heterocycles. The molecular weight excluding hydrogens is 890 g/mol. The molecule has 67 heavy (non-hydrogen) atoms. The van der Waals surface area contributed by atoms with Crippen molar-refractivity contribution < 1.29 is 41.4 Å². The Hall–Kier alpha value is -6.48. The standard InChI is InChI=1S/C47H47F3N10O6S/c48-30-11-12-59(27-30)67(66)54-38-8-7-37(49)41(42(38)50)43(62)36-26-52-44-34(36)23-29(25-51-44)28-1-3-31(4-2-28)57-19-15-55(16-20-57)13-14-56-17-21-58(22-18-56)32-5-6-33-35(24-32)47(65)60(46(33)64)39-9-10-40(61)53-45(39)63/h1-8,23-26,30,39,54H,9-22,27H2,(H,51,52)(H,53,61,63)/t30-,39?,67?/m1/s1. The largest absolute Gasteiger partial charge is 0.369 e. The number of nitrogens with zero attached hydrogens (tertiary/aromatic N) is 7. The zero-order chi connectivity index (χ0) is 46.5. The number of carbonyl (C=O) groups is 5. The molecule has 20 heteroatoms. The van der Waals surface area contributed by atoms with Crippen molar-refractivity contribution in [1.82, 2.24) is 34.3 Å². The predicted octanol–water partition coefficient (Wildman–Crippen LogP) is 4.12. The molecule has 5 aliphatic rings. The molecule has 3 aromatic carbocycles. The Morgan fingerprint density at radius 2 is 1.45 bits per heavy atom. The van der Waals surface area contributed by atoms with Crippen LogP contribution in [0.15, 0.2) is 73.1 Å². The Morgan fingerprint density at radius 1 is 0.776 bits per heavy atom. The molecule has 3 N–H and O–H groups in total. The number of rotatable bonds is 12. The minimum Gasteiger partial charge on any atom is -0.369 e. The number of piperidine rings is 1. The monoisotopic (exact) mass is 936 g/mol. The van der Waals surface area contributed by atoms with E-state index in [0.717, 1.165) is 99.4 Å². The maximum atomic E-state index is 15.7. The van der Waals surface area contributed by atoms with E-state index >= 15 is 8.78 Å². The average Bonchev–Trinajstić information content (AvgIpc) is 4.04. The Balaban J connectivity index is 0.710. The first-order valence-corrected chi connectivity index (χ1v) is 23.5. The van der Waals surface area contributed by atoms with Crippen molar-refractivity contribution >= 4 is 68.7 Å². The Kier molecular flexibility index (Phi) is 12.1. The van der Waals surface area contributed by atoms with E-state index in [1.54, 1.807) is 24.4 Å². The van der Waals surface area contributed by atoms with Gasteiger partial charge in [0.15, 0.2) is 17.0 Å². The van der Waals surface area contributed by atoms with Crippen LogP contribution in [-0.2, 0) is 20.8 Å². The molecule has 5 aliphatic heterocycles. The van der Waals surface area contributed by atoms with Gasteiger partial charge in [-0.2, -0.15) is 0 Å². The van der Waals surface area contributed by atoms with Gasteiger partial charge in [-0.1, -0.05) is 12.1 Å². The van der Waals surface area contributed by atoms with Gasteiger partial charge < -0.3 is 14.8 Å². The number of piperazine rings is 2. The number of hydrogen-bond acceptors (Lipinski definition) is 11. The normalized spacial score (nSPS) is 21.3. The highest BCUT2D eigenvalue weighted by atomic mass is 32.2. The fourth-order valence-corrected chi connectivity index (χ4v) is 10.6. The first-order valence-electron chi connectivity index (χ1n) is 22.4. The number of amides is 4. The summed E-state index contributed by atoms with van der Waals surface area (Å²) < 4.78 is 61.0. The zero-order valence-corrected chi connectivity index (χ0v) is 37.1. The lowest BCUT2D eigenvalue weighted by Crippen LogP contribution is -2.54. The molecule has 348 valence electrons. The van der Waals surface area contributed by atoms with Gasteiger partial charge in [-0.25, -0.2) is 26.7 Å². The lowest BCUT2D eigenvalue weighted by atomic mass is 9.99. The molecule has 0 saturated carbocycles. The third kappa shape index (κ3) is 8.69. The maximum Gasteiger partial charge on any atom is 0.262 e. The SMILES string of the molecule is O=C1CCC(N2C(=O)c3ccc(N4CCN(CCN5CCN(c6ccc(-c7cnc8[nH]cc(C(=O)c9c(F)ccc(NS(=O)N%10CC[C@@H](F)C%10)c9F)c8c7)cc6)CC5)CC4)cc3C2=O)C(=O)N1. The van der Waals surface area contributed by atoms with E-state index in [4.69, 9.17) is 0 Å². The van der Waals surface area contributed by atoms with Gasteiger partial charge in [0.05, 0.1) is 22.4 Å². The number of pyridine rings is 1. The molecule has 2 aromatic heterocycles. The van der Waals surface area contributed by atoms with Crippen molar-refractivity contribution in [3.8, 4) is 11.1 Å². The van der Waals surface area contributed by atoms with E-state index in [1.807, 2.05) is 30.3 Å². The summed E-state index contributed by atoms with van der Waals surface area (Å²) >= 11 is -1.98. The van der Waals surface area contributed by atoms with Crippen LogP contribution in [0.4, 0.5) is 30.2 Å². The molecule has 0 spiro atoms. The van der Waals surface area contributed by atoms with Crippen LogP contribution in [0.25, 0.3) is 22.2 Å². The molecule has 4 amide bonds. The number of aromatic amines is 1. The van der Waals surface area contributed by atoms with Crippen LogP contribution in [0.5, 0.6) is 0 Å².